The average Bonchev–Trinajstić information content (AvgIpc) is 2.27. The number of hydrogen-bond acceptors (Lipinski definition) is 3. The fourth-order valence-electron chi connectivity index (χ4n) is 2.05. The van der Waals surface area contributed by atoms with Gasteiger partial charge in [0.15, 0.2) is 0 Å². The van der Waals surface area contributed by atoms with Gasteiger partial charge in [0.1, 0.15) is 0 Å². The zero-order valence-electron chi connectivity index (χ0n) is 10.8. The molecule has 0 unspecified atom stereocenters. The average molecular weight is 213 g/mol. The number of nitrogens with zero attached hydrogens (tertiary/aromatic N) is 2. The van der Waals surface area contributed by atoms with Gasteiger partial charge in [0, 0.05) is 31.7 Å². The molecular formula is C12H27N3. The lowest BCUT2D eigenvalue weighted by Crippen LogP contribution is -2.54. The summed E-state index contributed by atoms with van der Waals surface area (Å²) in [6.07, 6.45) is 1.26. The first kappa shape index (κ1) is 12.9. The maximum absolute atomic E-state index is 3.41. The van der Waals surface area contributed by atoms with Gasteiger partial charge in [0.25, 0.3) is 0 Å². The molecule has 0 aromatic rings. The first-order valence-corrected chi connectivity index (χ1v) is 6.20. The smallest absolute Gasteiger partial charge is 0.0166 e. The predicted molar refractivity (Wildman–Crippen MR) is 66.3 cm³/mol. The van der Waals surface area contributed by atoms with E-state index in [1.54, 1.807) is 0 Å². The molecule has 1 N–H and O–H groups in total. The van der Waals surface area contributed by atoms with Crippen molar-refractivity contribution in [3.63, 3.8) is 0 Å². The van der Waals surface area contributed by atoms with Crippen molar-refractivity contribution in [2.24, 2.45) is 0 Å². The Bertz CT molecular complexity index is 174. The molecule has 1 saturated heterocycles. The van der Waals surface area contributed by atoms with Crippen LogP contribution in [0.2, 0.25) is 0 Å². The summed E-state index contributed by atoms with van der Waals surface area (Å²) in [4.78, 5) is 5.01. The van der Waals surface area contributed by atoms with E-state index in [0.29, 0.717) is 5.54 Å². The number of rotatable bonds is 5. The van der Waals surface area contributed by atoms with Gasteiger partial charge in [-0.2, -0.15) is 0 Å². The maximum atomic E-state index is 3.41. The molecule has 0 spiro atoms. The van der Waals surface area contributed by atoms with Crippen molar-refractivity contribution in [2.45, 2.75) is 32.7 Å². The van der Waals surface area contributed by atoms with E-state index in [0.717, 1.165) is 19.6 Å². The van der Waals surface area contributed by atoms with Crippen LogP contribution in [0, 0.1) is 0 Å². The van der Waals surface area contributed by atoms with Gasteiger partial charge in [-0.15, -0.1) is 0 Å². The van der Waals surface area contributed by atoms with Crippen LogP contribution in [0.5, 0.6) is 0 Å². The van der Waals surface area contributed by atoms with Gasteiger partial charge in [0.05, 0.1) is 0 Å². The molecule has 0 radical (unpaired) electrons. The van der Waals surface area contributed by atoms with Crippen LogP contribution in [0.3, 0.4) is 0 Å². The Hall–Kier alpha value is -0.120. The minimum Gasteiger partial charge on any atom is -0.314 e. The third-order valence-electron chi connectivity index (χ3n) is 3.62. The molecule has 0 aromatic heterocycles. The lowest BCUT2D eigenvalue weighted by atomic mass is 9.97. The molecule has 3 nitrogen and oxygen atoms in total. The normalized spacial score (nSPS) is 19.8. The Labute approximate surface area is 94.8 Å². The first-order valence-electron chi connectivity index (χ1n) is 6.20. The molecule has 90 valence electrons. The Morgan fingerprint density at radius 2 is 1.87 bits per heavy atom. The summed E-state index contributed by atoms with van der Waals surface area (Å²) in [5.41, 5.74) is 0.353. The molecule has 0 atom stereocenters. The second-order valence-corrected chi connectivity index (χ2v) is 5.20. The van der Waals surface area contributed by atoms with E-state index in [2.05, 4.69) is 42.9 Å². The molecule has 0 aliphatic carbocycles. The highest BCUT2D eigenvalue weighted by atomic mass is 15.2. The van der Waals surface area contributed by atoms with E-state index < -0.39 is 0 Å². The van der Waals surface area contributed by atoms with Gasteiger partial charge in [0.2, 0.25) is 0 Å². The van der Waals surface area contributed by atoms with Crippen molar-refractivity contribution in [1.82, 2.24) is 15.1 Å². The largest absolute Gasteiger partial charge is 0.314 e. The van der Waals surface area contributed by atoms with Gasteiger partial charge in [-0.3, -0.25) is 4.90 Å². The van der Waals surface area contributed by atoms with E-state index in [9.17, 15) is 0 Å². The zero-order chi connectivity index (χ0) is 11.3. The van der Waals surface area contributed by atoms with Crippen LogP contribution in [0.15, 0.2) is 0 Å². The minimum absolute atomic E-state index is 0.353. The van der Waals surface area contributed by atoms with Crippen LogP contribution in [-0.4, -0.2) is 61.7 Å². The van der Waals surface area contributed by atoms with E-state index in [-0.39, 0.29) is 0 Å². The van der Waals surface area contributed by atoms with Gasteiger partial charge in [-0.25, -0.2) is 0 Å². The van der Waals surface area contributed by atoms with Gasteiger partial charge in [-0.1, -0.05) is 6.92 Å². The number of hydrogen-bond donors (Lipinski definition) is 1. The third-order valence-corrected chi connectivity index (χ3v) is 3.62. The lowest BCUT2D eigenvalue weighted by Gasteiger charge is -2.42. The quantitative estimate of drug-likeness (QED) is 0.735. The van der Waals surface area contributed by atoms with E-state index >= 15 is 0 Å². The molecule has 0 amide bonds. The van der Waals surface area contributed by atoms with Gasteiger partial charge < -0.3 is 10.2 Å². The molecule has 0 aromatic carbocycles. The fraction of sp³-hybridized carbons (Fsp3) is 1.00. The Balaban J connectivity index is 2.35. The molecule has 1 aliphatic rings. The van der Waals surface area contributed by atoms with Gasteiger partial charge >= 0.3 is 0 Å². The predicted octanol–water partition coefficient (Wildman–Crippen LogP) is 1.01. The molecular weight excluding hydrogens is 186 g/mol. The van der Waals surface area contributed by atoms with Crippen molar-refractivity contribution in [2.75, 3.05) is 46.3 Å². The topological polar surface area (TPSA) is 18.5 Å². The van der Waals surface area contributed by atoms with Crippen LogP contribution in [-0.2, 0) is 0 Å². The molecule has 1 fully saturated rings. The SMILES string of the molecule is CCN(C)CCC(C)(C)N1CCNCC1. The highest BCUT2D eigenvalue weighted by molar-refractivity contribution is 4.85. The van der Waals surface area contributed by atoms with Crippen molar-refractivity contribution < 1.29 is 0 Å². The summed E-state index contributed by atoms with van der Waals surface area (Å²) in [5, 5.41) is 3.41. The molecule has 15 heavy (non-hydrogen) atoms. The van der Waals surface area contributed by atoms with E-state index in [4.69, 9.17) is 0 Å². The molecule has 3 heteroatoms. The van der Waals surface area contributed by atoms with E-state index in [1.807, 2.05) is 0 Å². The molecule has 0 bridgehead atoms. The third kappa shape index (κ3) is 4.09. The zero-order valence-corrected chi connectivity index (χ0v) is 10.8. The highest BCUT2D eigenvalue weighted by Gasteiger charge is 2.27. The Morgan fingerprint density at radius 1 is 1.27 bits per heavy atom. The monoisotopic (exact) mass is 213 g/mol. The van der Waals surface area contributed by atoms with Crippen LogP contribution < -0.4 is 5.32 Å². The number of nitrogens with one attached hydrogen (secondary N) is 1. The fourth-order valence-corrected chi connectivity index (χ4v) is 2.05. The van der Waals surface area contributed by atoms with Crippen molar-refractivity contribution in [1.29, 1.82) is 0 Å². The second kappa shape index (κ2) is 5.83. The van der Waals surface area contributed by atoms with Crippen LogP contribution in [0.25, 0.3) is 0 Å². The number of piperazine rings is 1. The van der Waals surface area contributed by atoms with Crippen molar-refractivity contribution in [3.8, 4) is 0 Å². The summed E-state index contributed by atoms with van der Waals surface area (Å²) in [6.45, 7) is 14.0. The molecule has 0 saturated carbocycles. The lowest BCUT2D eigenvalue weighted by molar-refractivity contribution is 0.0867. The summed E-state index contributed by atoms with van der Waals surface area (Å²) in [6, 6.07) is 0. The summed E-state index contributed by atoms with van der Waals surface area (Å²) in [5.74, 6) is 0. The van der Waals surface area contributed by atoms with Crippen LogP contribution in [0.4, 0.5) is 0 Å². The standard InChI is InChI=1S/C12H27N3/c1-5-14(4)9-6-12(2,3)15-10-7-13-8-11-15/h13H,5-11H2,1-4H3. The highest BCUT2D eigenvalue weighted by Crippen LogP contribution is 2.19. The van der Waals surface area contributed by atoms with E-state index in [1.165, 1.54) is 26.1 Å². The van der Waals surface area contributed by atoms with Crippen molar-refractivity contribution >= 4 is 0 Å². The molecule has 1 heterocycles. The summed E-state index contributed by atoms with van der Waals surface area (Å²) in [7, 11) is 2.20. The molecule has 1 aliphatic heterocycles. The summed E-state index contributed by atoms with van der Waals surface area (Å²) < 4.78 is 0. The minimum atomic E-state index is 0.353. The van der Waals surface area contributed by atoms with Crippen LogP contribution >= 0.6 is 0 Å². The Morgan fingerprint density at radius 3 is 2.40 bits per heavy atom. The summed E-state index contributed by atoms with van der Waals surface area (Å²) >= 11 is 0. The second-order valence-electron chi connectivity index (χ2n) is 5.20. The maximum Gasteiger partial charge on any atom is 0.0166 e. The first-order chi connectivity index (χ1) is 7.06. The molecule has 1 rings (SSSR count). The van der Waals surface area contributed by atoms with Gasteiger partial charge in [-0.05, 0) is 40.4 Å². The van der Waals surface area contributed by atoms with Crippen LogP contribution in [0.1, 0.15) is 27.2 Å². The van der Waals surface area contributed by atoms with Crippen molar-refractivity contribution in [3.05, 3.63) is 0 Å². The Kier molecular flexibility index (Phi) is 5.03.